The van der Waals surface area contributed by atoms with E-state index in [1.54, 1.807) is 36.4 Å². The lowest BCUT2D eigenvalue weighted by molar-refractivity contribution is 0.461. The van der Waals surface area contributed by atoms with Crippen molar-refractivity contribution in [1.29, 1.82) is 5.26 Å². The molecule has 0 aliphatic heterocycles. The van der Waals surface area contributed by atoms with Crippen molar-refractivity contribution in [3.63, 3.8) is 0 Å². The Kier molecular flexibility index (Phi) is 11.0. The van der Waals surface area contributed by atoms with Gasteiger partial charge in [0.05, 0.1) is 45.8 Å². The Hall–Kier alpha value is -9.90. The molecule has 74 heavy (non-hydrogen) atoms. The van der Waals surface area contributed by atoms with E-state index in [-0.39, 0.29) is 22.5 Å². The number of aryl methyl sites for hydroxylation is 2. The molecule has 12 rings (SSSR count). The number of anilines is 6. The average molecular weight is 969 g/mol. The normalized spacial score (nSPS) is 11.4. The first-order valence-corrected chi connectivity index (χ1v) is 23.8. The Labute approximate surface area is 423 Å². The van der Waals surface area contributed by atoms with Gasteiger partial charge in [-0.15, -0.1) is 0 Å². The van der Waals surface area contributed by atoms with Gasteiger partial charge in [0.2, 0.25) is 0 Å². The molecular formula is C64H40F4N6. The number of halogens is 4. The fraction of sp³-hybridized carbons (Fsp3) is 0.0312. The quantitative estimate of drug-likeness (QED) is 0.0822. The van der Waals surface area contributed by atoms with E-state index in [0.29, 0.717) is 17.1 Å². The topological polar surface area (TPSA) is 44.5 Å². The molecule has 0 aliphatic rings. The average Bonchev–Trinajstić information content (AvgIpc) is 3.95. The van der Waals surface area contributed by atoms with Crippen molar-refractivity contribution < 1.29 is 17.6 Å². The highest BCUT2D eigenvalue weighted by Gasteiger charge is 2.32. The third-order valence-electron chi connectivity index (χ3n) is 13.8. The van der Waals surface area contributed by atoms with Crippen molar-refractivity contribution in [2.24, 2.45) is 0 Å². The van der Waals surface area contributed by atoms with Gasteiger partial charge in [-0.1, -0.05) is 96.1 Å². The molecule has 10 heteroatoms. The first kappa shape index (κ1) is 45.3. The second-order valence-corrected chi connectivity index (χ2v) is 18.3. The summed E-state index contributed by atoms with van der Waals surface area (Å²) in [4.78, 5) is 6.68. The molecule has 0 saturated carbocycles. The minimum absolute atomic E-state index is 0.0942. The third-order valence-corrected chi connectivity index (χ3v) is 13.8. The molecule has 0 fully saturated rings. The van der Waals surface area contributed by atoms with Gasteiger partial charge in [0.15, 0.2) is 29.0 Å². The van der Waals surface area contributed by atoms with E-state index in [1.165, 1.54) is 36.4 Å². The fourth-order valence-electron chi connectivity index (χ4n) is 10.2. The minimum atomic E-state index is -1.60. The van der Waals surface area contributed by atoms with Gasteiger partial charge in [0.1, 0.15) is 5.69 Å². The zero-order valence-electron chi connectivity index (χ0n) is 39.8. The van der Waals surface area contributed by atoms with Crippen molar-refractivity contribution in [3.05, 3.63) is 258 Å². The van der Waals surface area contributed by atoms with Crippen molar-refractivity contribution in [3.8, 4) is 28.6 Å². The largest absolute Gasteiger partial charge is 0.311 e. The molecule has 6 nitrogen and oxygen atoms in total. The van der Waals surface area contributed by atoms with Gasteiger partial charge in [0, 0.05) is 61.4 Å². The SMILES string of the molecule is [C-]#[N+]c1ccc(N(c2ccc(-c3c(F)c(F)c(N(c4ccc(C#N)cc4)c4ccc5c(c4)c4ccccc4n5-c4ccc(C)cc4)c(F)c3F)cc2)c2ccc3c(c2)c2ccccc2n3-c2ccc(C)cc2)cc1. The van der Waals surface area contributed by atoms with Crippen LogP contribution in [0.4, 0.5) is 57.4 Å². The molecule has 12 aromatic rings. The van der Waals surface area contributed by atoms with E-state index in [4.69, 9.17) is 6.57 Å². The lowest BCUT2D eigenvalue weighted by Crippen LogP contribution is -2.16. The van der Waals surface area contributed by atoms with Crippen molar-refractivity contribution in [2.45, 2.75) is 13.8 Å². The zero-order valence-corrected chi connectivity index (χ0v) is 39.8. The summed E-state index contributed by atoms with van der Waals surface area (Å²) in [6, 6.07) is 65.0. The number of nitrogens with zero attached hydrogens (tertiary/aromatic N) is 6. The molecular weight excluding hydrogens is 929 g/mol. The molecule has 0 unspecified atom stereocenters. The predicted octanol–water partition coefficient (Wildman–Crippen LogP) is 18.1. The van der Waals surface area contributed by atoms with E-state index in [9.17, 15) is 5.26 Å². The summed E-state index contributed by atoms with van der Waals surface area (Å²) in [7, 11) is 0. The van der Waals surface area contributed by atoms with Gasteiger partial charge < -0.3 is 18.9 Å². The molecule has 0 aliphatic carbocycles. The first-order chi connectivity index (χ1) is 36.1. The summed E-state index contributed by atoms with van der Waals surface area (Å²) in [6.07, 6.45) is 0. The number of hydrogen-bond acceptors (Lipinski definition) is 3. The Bertz CT molecular complexity index is 4230. The van der Waals surface area contributed by atoms with Crippen LogP contribution in [0.3, 0.4) is 0 Å². The highest BCUT2D eigenvalue weighted by atomic mass is 19.2. The van der Waals surface area contributed by atoms with Gasteiger partial charge in [0.25, 0.3) is 0 Å². The van der Waals surface area contributed by atoms with Gasteiger partial charge in [-0.25, -0.2) is 22.4 Å². The number of fused-ring (bicyclic) bond motifs is 6. The summed E-state index contributed by atoms with van der Waals surface area (Å²) >= 11 is 0. The molecule has 0 spiro atoms. The van der Waals surface area contributed by atoms with Crippen molar-refractivity contribution >= 4 is 83.4 Å². The first-order valence-electron chi connectivity index (χ1n) is 23.8. The molecule has 354 valence electrons. The number of benzene rings is 10. The van der Waals surface area contributed by atoms with Crippen LogP contribution < -0.4 is 9.80 Å². The van der Waals surface area contributed by atoms with Crippen LogP contribution in [0.1, 0.15) is 16.7 Å². The molecule has 2 aromatic heterocycles. The van der Waals surface area contributed by atoms with Gasteiger partial charge >= 0.3 is 0 Å². The molecule has 10 aromatic carbocycles. The van der Waals surface area contributed by atoms with Crippen LogP contribution in [0, 0.1) is 55.0 Å². The maximum atomic E-state index is 17.1. The lowest BCUT2D eigenvalue weighted by Gasteiger charge is -2.28. The number of hydrogen-bond donors (Lipinski definition) is 0. The summed E-state index contributed by atoms with van der Waals surface area (Å²) < 4.78 is 72.5. The van der Waals surface area contributed by atoms with E-state index in [2.05, 4.69) is 75.5 Å². The Morgan fingerprint density at radius 1 is 0.432 bits per heavy atom. The standard InChI is InChI=1S/C64H40F4N6/c1-39-12-22-47(23-13-39)73-55-10-6-4-8-51(55)53-36-49(32-34-57(53)73)71(45-30-20-43(70-3)21-31-45)44-28-18-42(19-29-44)59-60(65)62(67)64(63(68)61(59)66)72(46-26-16-41(38-69)17-27-46)50-33-35-58-54(37-50)52-9-5-7-11-56(52)74(58)48-24-14-40(2)15-25-48/h4-37H,1-2H3. The Morgan fingerprint density at radius 2 is 0.838 bits per heavy atom. The highest BCUT2D eigenvalue weighted by molar-refractivity contribution is 6.12. The Balaban J connectivity index is 0.973. The minimum Gasteiger partial charge on any atom is -0.311 e. The molecule has 0 radical (unpaired) electrons. The molecule has 0 amide bonds. The summed E-state index contributed by atoms with van der Waals surface area (Å²) in [6.45, 7) is 11.6. The summed E-state index contributed by atoms with van der Waals surface area (Å²) in [5.41, 5.74) is 9.12. The zero-order chi connectivity index (χ0) is 50.8. The monoisotopic (exact) mass is 968 g/mol. The maximum Gasteiger partial charge on any atom is 0.187 e. The maximum absolute atomic E-state index is 17.1. The van der Waals surface area contributed by atoms with E-state index in [0.717, 1.165) is 76.7 Å². The molecule has 2 heterocycles. The highest BCUT2D eigenvalue weighted by Crippen LogP contribution is 2.46. The van der Waals surface area contributed by atoms with Gasteiger partial charge in [-0.2, -0.15) is 5.26 Å². The van der Waals surface area contributed by atoms with Gasteiger partial charge in [-0.05, 0) is 141 Å². The van der Waals surface area contributed by atoms with Crippen LogP contribution >= 0.6 is 0 Å². The van der Waals surface area contributed by atoms with Gasteiger partial charge in [-0.3, -0.25) is 0 Å². The molecule has 0 bridgehead atoms. The van der Waals surface area contributed by atoms with Crippen LogP contribution in [0.5, 0.6) is 0 Å². The lowest BCUT2D eigenvalue weighted by atomic mass is 10.0. The van der Waals surface area contributed by atoms with Crippen LogP contribution in [-0.2, 0) is 0 Å². The van der Waals surface area contributed by atoms with Crippen molar-refractivity contribution in [2.75, 3.05) is 9.80 Å². The van der Waals surface area contributed by atoms with E-state index < -0.39 is 34.5 Å². The van der Waals surface area contributed by atoms with E-state index >= 15 is 17.6 Å². The summed E-state index contributed by atoms with van der Waals surface area (Å²) in [5, 5.41) is 13.2. The third kappa shape index (κ3) is 7.48. The summed E-state index contributed by atoms with van der Waals surface area (Å²) in [5.74, 6) is -6.36. The molecule has 0 N–H and O–H groups in total. The second kappa shape index (κ2) is 18.1. The number of para-hydroxylation sites is 2. The van der Waals surface area contributed by atoms with Crippen LogP contribution in [0.25, 0.3) is 71.0 Å². The Morgan fingerprint density at radius 3 is 1.31 bits per heavy atom. The van der Waals surface area contributed by atoms with Crippen LogP contribution in [-0.4, -0.2) is 9.13 Å². The van der Waals surface area contributed by atoms with E-state index in [1.807, 2.05) is 96.8 Å². The molecule has 0 saturated heterocycles. The number of nitriles is 1. The van der Waals surface area contributed by atoms with Crippen molar-refractivity contribution in [1.82, 2.24) is 9.13 Å². The number of aromatic nitrogens is 2. The predicted molar refractivity (Wildman–Crippen MR) is 290 cm³/mol. The van der Waals surface area contributed by atoms with Crippen LogP contribution in [0.15, 0.2) is 206 Å². The smallest absolute Gasteiger partial charge is 0.187 e. The van der Waals surface area contributed by atoms with Crippen LogP contribution in [0.2, 0.25) is 0 Å². The second-order valence-electron chi connectivity index (χ2n) is 18.3. The number of rotatable bonds is 9. The molecule has 0 atom stereocenters. The fourth-order valence-corrected chi connectivity index (χ4v) is 10.2.